The molecule has 0 fully saturated rings. The van der Waals surface area contributed by atoms with E-state index in [1.165, 1.54) is 13.0 Å². The minimum Gasteiger partial charge on any atom is -0.507 e. The van der Waals surface area contributed by atoms with E-state index in [0.29, 0.717) is 12.1 Å². The van der Waals surface area contributed by atoms with Gasteiger partial charge in [0.2, 0.25) is 5.91 Å². The van der Waals surface area contributed by atoms with Gasteiger partial charge < -0.3 is 10.4 Å². The first kappa shape index (κ1) is 18.1. The summed E-state index contributed by atoms with van der Waals surface area (Å²) in [6.07, 6.45) is 0. The molecule has 0 radical (unpaired) electrons. The average molecular weight is 310 g/mol. The van der Waals surface area contributed by atoms with E-state index >= 15 is 0 Å². The highest BCUT2D eigenvalue weighted by Crippen LogP contribution is 2.26. The Morgan fingerprint density at radius 2 is 2.00 bits per heavy atom. The molecule has 0 atom stereocenters. The fraction of sp³-hybridized carbons (Fsp3) is 0.500. The maximum absolute atomic E-state index is 13.6. The number of nitrogens with zero attached hydrogens (tertiary/aromatic N) is 1. The first-order valence-corrected chi connectivity index (χ1v) is 7.28. The number of hydrogen-bond acceptors (Lipinski definition) is 4. The van der Waals surface area contributed by atoms with Crippen LogP contribution in [0.5, 0.6) is 5.75 Å². The molecule has 1 aromatic carbocycles. The summed E-state index contributed by atoms with van der Waals surface area (Å²) in [7, 11) is 0. The van der Waals surface area contributed by atoms with Crippen LogP contribution in [0.4, 0.5) is 4.39 Å². The zero-order valence-corrected chi connectivity index (χ0v) is 13.4. The molecule has 0 spiro atoms. The Morgan fingerprint density at radius 3 is 2.50 bits per heavy atom. The summed E-state index contributed by atoms with van der Waals surface area (Å²) in [4.78, 5) is 25.0. The number of benzene rings is 1. The molecule has 1 rings (SSSR count). The lowest BCUT2D eigenvalue weighted by atomic mass is 10.0. The van der Waals surface area contributed by atoms with Crippen molar-refractivity contribution < 1.29 is 19.1 Å². The van der Waals surface area contributed by atoms with Gasteiger partial charge in [-0.15, -0.1) is 0 Å². The van der Waals surface area contributed by atoms with E-state index in [2.05, 4.69) is 5.32 Å². The van der Waals surface area contributed by atoms with Gasteiger partial charge in [0.1, 0.15) is 11.6 Å². The monoisotopic (exact) mass is 310 g/mol. The van der Waals surface area contributed by atoms with Gasteiger partial charge in [0.05, 0.1) is 12.1 Å². The number of rotatable bonds is 7. The van der Waals surface area contributed by atoms with Crippen LogP contribution in [0.1, 0.15) is 43.6 Å². The summed E-state index contributed by atoms with van der Waals surface area (Å²) in [6.45, 7) is 7.75. The summed E-state index contributed by atoms with van der Waals surface area (Å²) in [5, 5.41) is 12.9. The smallest absolute Gasteiger partial charge is 0.234 e. The van der Waals surface area contributed by atoms with Crippen molar-refractivity contribution in [1.29, 1.82) is 0 Å². The first-order valence-electron chi connectivity index (χ1n) is 7.28. The number of aromatic hydroxyl groups is 1. The Bertz CT molecular complexity index is 559. The van der Waals surface area contributed by atoms with E-state index < -0.39 is 11.6 Å². The molecule has 0 bridgehead atoms. The largest absolute Gasteiger partial charge is 0.507 e. The molecule has 0 aliphatic heterocycles. The second-order valence-corrected chi connectivity index (χ2v) is 5.54. The Kier molecular flexibility index (Phi) is 6.49. The van der Waals surface area contributed by atoms with Gasteiger partial charge in [0.15, 0.2) is 5.78 Å². The molecule has 1 aromatic rings. The number of Topliss-reactive ketones (excluding diaryl/α,β-unsaturated/α-hetero) is 1. The van der Waals surface area contributed by atoms with Crippen molar-refractivity contribution >= 4 is 11.7 Å². The highest BCUT2D eigenvalue weighted by Gasteiger charge is 2.17. The first-order chi connectivity index (χ1) is 10.2. The van der Waals surface area contributed by atoms with E-state index in [1.807, 2.05) is 20.8 Å². The quantitative estimate of drug-likeness (QED) is 0.757. The summed E-state index contributed by atoms with van der Waals surface area (Å²) in [5.74, 6) is -1.35. The Labute approximate surface area is 130 Å². The standard InChI is InChI=1S/C16H23FN2O3/c1-5-19(9-15(21)18-10(2)3)8-12-6-13(17)7-14(11(4)20)16(12)22/h6-7,10,22H,5,8-9H2,1-4H3,(H,18,21). The lowest BCUT2D eigenvalue weighted by molar-refractivity contribution is -0.122. The fourth-order valence-electron chi connectivity index (χ4n) is 2.14. The Hall–Kier alpha value is -1.95. The van der Waals surface area contributed by atoms with Crippen LogP contribution in [-0.4, -0.2) is 40.8 Å². The molecule has 122 valence electrons. The van der Waals surface area contributed by atoms with Gasteiger partial charge in [-0.05, 0) is 39.4 Å². The van der Waals surface area contributed by atoms with Crippen molar-refractivity contribution in [3.05, 3.63) is 29.1 Å². The number of ketones is 1. The molecule has 0 aliphatic carbocycles. The van der Waals surface area contributed by atoms with Crippen LogP contribution in [0.2, 0.25) is 0 Å². The molecular formula is C16H23FN2O3. The third-order valence-electron chi connectivity index (χ3n) is 3.19. The predicted molar refractivity (Wildman–Crippen MR) is 82.3 cm³/mol. The van der Waals surface area contributed by atoms with Crippen LogP contribution in [0.15, 0.2) is 12.1 Å². The number of nitrogens with one attached hydrogen (secondary N) is 1. The van der Waals surface area contributed by atoms with Gasteiger partial charge in [0, 0.05) is 18.2 Å². The second-order valence-electron chi connectivity index (χ2n) is 5.54. The van der Waals surface area contributed by atoms with Crippen molar-refractivity contribution in [1.82, 2.24) is 10.2 Å². The summed E-state index contributed by atoms with van der Waals surface area (Å²) in [6, 6.07) is 2.24. The zero-order chi connectivity index (χ0) is 16.9. The number of phenolic OH excluding ortho intramolecular Hbond substituents is 1. The normalized spacial score (nSPS) is 11.0. The molecule has 5 nitrogen and oxygen atoms in total. The maximum Gasteiger partial charge on any atom is 0.234 e. The highest BCUT2D eigenvalue weighted by molar-refractivity contribution is 5.97. The van der Waals surface area contributed by atoms with E-state index in [0.717, 1.165) is 6.07 Å². The molecule has 6 heteroatoms. The van der Waals surface area contributed by atoms with Crippen LogP contribution in [0.25, 0.3) is 0 Å². The average Bonchev–Trinajstić information content (AvgIpc) is 2.40. The highest BCUT2D eigenvalue weighted by atomic mass is 19.1. The van der Waals surface area contributed by atoms with Gasteiger partial charge in [-0.25, -0.2) is 4.39 Å². The van der Waals surface area contributed by atoms with Crippen molar-refractivity contribution in [2.45, 2.75) is 40.3 Å². The van der Waals surface area contributed by atoms with Gasteiger partial charge in [0.25, 0.3) is 0 Å². The number of halogens is 1. The van der Waals surface area contributed by atoms with E-state index in [-0.39, 0.29) is 36.4 Å². The van der Waals surface area contributed by atoms with Crippen molar-refractivity contribution in [3.8, 4) is 5.75 Å². The topological polar surface area (TPSA) is 69.6 Å². The third kappa shape index (κ3) is 5.11. The number of likely N-dealkylation sites (N-methyl/N-ethyl adjacent to an activating group) is 1. The molecule has 1 amide bonds. The number of carbonyl (C=O) groups is 2. The number of phenols is 1. The minimum atomic E-state index is -0.583. The van der Waals surface area contributed by atoms with Gasteiger partial charge in [-0.3, -0.25) is 14.5 Å². The van der Waals surface area contributed by atoms with Crippen LogP contribution >= 0.6 is 0 Å². The summed E-state index contributed by atoms with van der Waals surface area (Å²) < 4.78 is 13.6. The van der Waals surface area contributed by atoms with E-state index in [1.54, 1.807) is 4.90 Å². The molecule has 0 aliphatic rings. The van der Waals surface area contributed by atoms with Crippen LogP contribution < -0.4 is 5.32 Å². The third-order valence-corrected chi connectivity index (χ3v) is 3.19. The van der Waals surface area contributed by atoms with Crippen LogP contribution in [0, 0.1) is 5.82 Å². The molecule has 0 saturated heterocycles. The molecule has 0 saturated carbocycles. The molecule has 0 unspecified atom stereocenters. The molecular weight excluding hydrogens is 287 g/mol. The molecule has 2 N–H and O–H groups in total. The number of amides is 1. The van der Waals surface area contributed by atoms with Gasteiger partial charge in [-0.2, -0.15) is 0 Å². The van der Waals surface area contributed by atoms with Crippen molar-refractivity contribution in [2.24, 2.45) is 0 Å². The maximum atomic E-state index is 13.6. The molecule has 22 heavy (non-hydrogen) atoms. The summed E-state index contributed by atoms with van der Waals surface area (Å²) >= 11 is 0. The Morgan fingerprint density at radius 1 is 1.36 bits per heavy atom. The van der Waals surface area contributed by atoms with Crippen LogP contribution in [0.3, 0.4) is 0 Å². The van der Waals surface area contributed by atoms with Crippen molar-refractivity contribution in [2.75, 3.05) is 13.1 Å². The SMILES string of the molecule is CCN(CC(=O)NC(C)C)Cc1cc(F)cc(C(C)=O)c1O. The summed E-state index contributed by atoms with van der Waals surface area (Å²) in [5.41, 5.74) is 0.252. The second kappa shape index (κ2) is 7.89. The minimum absolute atomic E-state index is 0.0399. The number of carbonyl (C=O) groups excluding carboxylic acids is 2. The Balaban J connectivity index is 2.91. The predicted octanol–water partition coefficient (Wildman–Crippen LogP) is 2.08. The number of hydrogen-bond donors (Lipinski definition) is 2. The zero-order valence-electron chi connectivity index (χ0n) is 13.4. The molecule has 0 aromatic heterocycles. The van der Waals surface area contributed by atoms with Gasteiger partial charge in [-0.1, -0.05) is 6.92 Å². The fourth-order valence-corrected chi connectivity index (χ4v) is 2.14. The van der Waals surface area contributed by atoms with E-state index in [9.17, 15) is 19.1 Å². The lowest BCUT2D eigenvalue weighted by Gasteiger charge is -2.21. The van der Waals surface area contributed by atoms with E-state index in [4.69, 9.17) is 0 Å². The lowest BCUT2D eigenvalue weighted by Crippen LogP contribution is -2.39. The molecule has 0 heterocycles. The van der Waals surface area contributed by atoms with Crippen LogP contribution in [-0.2, 0) is 11.3 Å². The van der Waals surface area contributed by atoms with Gasteiger partial charge >= 0.3 is 0 Å². The van der Waals surface area contributed by atoms with Crippen molar-refractivity contribution in [3.63, 3.8) is 0 Å².